The fourth-order valence-corrected chi connectivity index (χ4v) is 3.42. The molecule has 1 aromatic rings. The van der Waals surface area contributed by atoms with E-state index in [1.165, 1.54) is 12.1 Å². The number of benzene rings is 1. The summed E-state index contributed by atoms with van der Waals surface area (Å²) in [4.78, 5) is 9.87. The Labute approximate surface area is 127 Å². The molecule has 2 N–H and O–H groups in total. The maximum atomic E-state index is 12.2. The lowest BCUT2D eigenvalue weighted by Crippen LogP contribution is -2.30. The molecule has 0 aliphatic heterocycles. The second kappa shape index (κ2) is 5.88. The van der Waals surface area contributed by atoms with E-state index in [2.05, 4.69) is 4.72 Å². The molecule has 0 spiro atoms. The summed E-state index contributed by atoms with van der Waals surface area (Å²) in [5, 5.41) is 19.6. The van der Waals surface area contributed by atoms with Crippen molar-refractivity contribution >= 4 is 27.3 Å². The van der Waals surface area contributed by atoms with Crippen LogP contribution in [0.3, 0.4) is 0 Å². The molecule has 2 rings (SSSR count). The Morgan fingerprint density at radius 2 is 2.10 bits per heavy atom. The van der Waals surface area contributed by atoms with E-state index in [4.69, 9.17) is 16.7 Å². The summed E-state index contributed by atoms with van der Waals surface area (Å²) in [5.74, 6) is 0. The molecular formula is C12H15ClN2O5S. The van der Waals surface area contributed by atoms with Gasteiger partial charge in [-0.2, -0.15) is 0 Å². The van der Waals surface area contributed by atoms with Crippen LogP contribution in [0.5, 0.6) is 0 Å². The molecule has 1 aliphatic rings. The summed E-state index contributed by atoms with van der Waals surface area (Å²) < 4.78 is 26.8. The van der Waals surface area contributed by atoms with Crippen molar-refractivity contribution in [2.75, 3.05) is 13.2 Å². The lowest BCUT2D eigenvalue weighted by atomic mass is 10.0. The standard InChI is InChI=1S/C12H15ClN2O5S/c13-10-2-1-9(7-11(10)15(17)18)21(19,20)14-8-12(3-4-12)5-6-16/h1-2,7,14,16H,3-6,8H2. The largest absolute Gasteiger partial charge is 0.396 e. The van der Waals surface area contributed by atoms with Crippen LogP contribution in [0.1, 0.15) is 19.3 Å². The molecule has 1 fully saturated rings. The topological polar surface area (TPSA) is 110 Å². The van der Waals surface area contributed by atoms with E-state index in [0.717, 1.165) is 18.9 Å². The van der Waals surface area contributed by atoms with Gasteiger partial charge in [0, 0.05) is 19.2 Å². The third kappa shape index (κ3) is 3.70. The summed E-state index contributed by atoms with van der Waals surface area (Å²) in [5.41, 5.74) is -0.628. The van der Waals surface area contributed by atoms with Gasteiger partial charge in [0.05, 0.1) is 9.82 Å². The third-order valence-corrected chi connectivity index (χ3v) is 5.38. The molecule has 0 saturated heterocycles. The van der Waals surface area contributed by atoms with Crippen molar-refractivity contribution in [2.24, 2.45) is 5.41 Å². The first-order valence-corrected chi connectivity index (χ1v) is 8.20. The number of nitro groups is 1. The first-order chi connectivity index (χ1) is 9.80. The van der Waals surface area contributed by atoms with Gasteiger partial charge >= 0.3 is 0 Å². The number of aliphatic hydroxyl groups excluding tert-OH is 1. The Kier molecular flexibility index (Phi) is 4.52. The molecule has 0 amide bonds. The highest BCUT2D eigenvalue weighted by molar-refractivity contribution is 7.89. The van der Waals surface area contributed by atoms with E-state index < -0.39 is 20.6 Å². The van der Waals surface area contributed by atoms with E-state index in [-0.39, 0.29) is 28.5 Å². The first-order valence-electron chi connectivity index (χ1n) is 6.34. The van der Waals surface area contributed by atoms with Crippen molar-refractivity contribution in [1.82, 2.24) is 4.72 Å². The Morgan fingerprint density at radius 1 is 1.43 bits per heavy atom. The maximum Gasteiger partial charge on any atom is 0.289 e. The number of aliphatic hydroxyl groups is 1. The van der Waals surface area contributed by atoms with Crippen LogP contribution in [0.25, 0.3) is 0 Å². The lowest BCUT2D eigenvalue weighted by Gasteiger charge is -2.14. The van der Waals surface area contributed by atoms with Crippen molar-refractivity contribution in [3.05, 3.63) is 33.3 Å². The summed E-state index contributed by atoms with van der Waals surface area (Å²) in [6.45, 7) is 0.223. The van der Waals surface area contributed by atoms with Crippen LogP contribution in [0, 0.1) is 15.5 Å². The Morgan fingerprint density at radius 3 is 2.62 bits per heavy atom. The maximum absolute atomic E-state index is 12.2. The van der Waals surface area contributed by atoms with Gasteiger partial charge in [0.25, 0.3) is 5.69 Å². The van der Waals surface area contributed by atoms with E-state index in [1.54, 1.807) is 0 Å². The number of hydrogen-bond donors (Lipinski definition) is 2. The SMILES string of the molecule is O=[N+]([O-])c1cc(S(=O)(=O)NCC2(CCO)CC2)ccc1Cl. The van der Waals surface area contributed by atoms with Gasteiger partial charge in [-0.25, -0.2) is 13.1 Å². The highest BCUT2D eigenvalue weighted by Crippen LogP contribution is 2.48. The van der Waals surface area contributed by atoms with Crippen LogP contribution in [0.2, 0.25) is 5.02 Å². The molecule has 0 heterocycles. The van der Waals surface area contributed by atoms with E-state index in [1.807, 2.05) is 0 Å². The van der Waals surface area contributed by atoms with Gasteiger partial charge < -0.3 is 5.11 Å². The molecule has 116 valence electrons. The number of sulfonamides is 1. The second-order valence-electron chi connectivity index (χ2n) is 5.17. The molecule has 0 radical (unpaired) electrons. The average molecular weight is 335 g/mol. The van der Waals surface area contributed by atoms with Crippen LogP contribution < -0.4 is 4.72 Å². The zero-order valence-corrected chi connectivity index (χ0v) is 12.7. The summed E-state index contributed by atoms with van der Waals surface area (Å²) in [6, 6.07) is 3.36. The number of halogens is 1. The van der Waals surface area contributed by atoms with Crippen LogP contribution in [0.15, 0.2) is 23.1 Å². The molecule has 0 aromatic heterocycles. The quantitative estimate of drug-likeness (QED) is 0.582. The van der Waals surface area contributed by atoms with Gasteiger partial charge in [-0.1, -0.05) is 11.6 Å². The third-order valence-electron chi connectivity index (χ3n) is 3.66. The molecule has 1 aliphatic carbocycles. The van der Waals surface area contributed by atoms with Crippen LogP contribution in [-0.4, -0.2) is 31.6 Å². The van der Waals surface area contributed by atoms with Crippen LogP contribution in [0.4, 0.5) is 5.69 Å². The zero-order valence-electron chi connectivity index (χ0n) is 11.1. The van der Waals surface area contributed by atoms with E-state index in [0.29, 0.717) is 6.42 Å². The average Bonchev–Trinajstić information content (AvgIpc) is 3.17. The first kappa shape index (κ1) is 16.2. The minimum Gasteiger partial charge on any atom is -0.396 e. The molecule has 9 heteroatoms. The lowest BCUT2D eigenvalue weighted by molar-refractivity contribution is -0.384. The van der Waals surface area contributed by atoms with Crippen molar-refractivity contribution < 1.29 is 18.4 Å². The number of hydrogen-bond acceptors (Lipinski definition) is 5. The van der Waals surface area contributed by atoms with Gasteiger partial charge in [0.15, 0.2) is 0 Å². The smallest absolute Gasteiger partial charge is 0.289 e. The Hall–Kier alpha value is -1.22. The van der Waals surface area contributed by atoms with Gasteiger partial charge in [0.1, 0.15) is 5.02 Å². The van der Waals surface area contributed by atoms with Gasteiger partial charge in [-0.15, -0.1) is 0 Å². The van der Waals surface area contributed by atoms with Crippen molar-refractivity contribution in [3.63, 3.8) is 0 Å². The summed E-state index contributed by atoms with van der Waals surface area (Å²) in [6.07, 6.45) is 2.25. The molecule has 21 heavy (non-hydrogen) atoms. The molecule has 1 aromatic carbocycles. The molecular weight excluding hydrogens is 320 g/mol. The van der Waals surface area contributed by atoms with Gasteiger partial charge in [-0.3, -0.25) is 10.1 Å². The van der Waals surface area contributed by atoms with Gasteiger partial charge in [-0.05, 0) is 36.8 Å². The highest BCUT2D eigenvalue weighted by Gasteiger charge is 2.42. The monoisotopic (exact) mass is 334 g/mol. The zero-order chi connectivity index (χ0) is 15.7. The van der Waals surface area contributed by atoms with Crippen molar-refractivity contribution in [3.8, 4) is 0 Å². The van der Waals surface area contributed by atoms with Crippen LogP contribution in [-0.2, 0) is 10.0 Å². The summed E-state index contributed by atoms with van der Waals surface area (Å²) >= 11 is 5.66. The predicted molar refractivity (Wildman–Crippen MR) is 76.7 cm³/mol. The Balaban J connectivity index is 2.16. The Bertz CT molecular complexity index is 658. The second-order valence-corrected chi connectivity index (χ2v) is 7.34. The fourth-order valence-electron chi connectivity index (χ4n) is 2.06. The fraction of sp³-hybridized carbons (Fsp3) is 0.500. The number of nitrogens with zero attached hydrogens (tertiary/aromatic N) is 1. The minimum atomic E-state index is -3.84. The normalized spacial score (nSPS) is 16.7. The number of rotatable bonds is 7. The highest BCUT2D eigenvalue weighted by atomic mass is 35.5. The number of nitro benzene ring substituents is 1. The van der Waals surface area contributed by atoms with Crippen LogP contribution >= 0.6 is 11.6 Å². The summed E-state index contributed by atoms with van der Waals surface area (Å²) in [7, 11) is -3.84. The predicted octanol–water partition coefficient (Wildman–Crippen LogP) is 1.69. The molecule has 0 atom stereocenters. The van der Waals surface area contributed by atoms with Gasteiger partial charge in [0.2, 0.25) is 10.0 Å². The molecule has 0 bridgehead atoms. The minimum absolute atomic E-state index is 0.00808. The van der Waals surface area contributed by atoms with Crippen molar-refractivity contribution in [2.45, 2.75) is 24.2 Å². The molecule has 0 unspecified atom stereocenters. The number of nitrogens with one attached hydrogen (secondary N) is 1. The van der Waals surface area contributed by atoms with Crippen molar-refractivity contribution in [1.29, 1.82) is 0 Å². The van der Waals surface area contributed by atoms with E-state index in [9.17, 15) is 18.5 Å². The van der Waals surface area contributed by atoms with E-state index >= 15 is 0 Å². The molecule has 1 saturated carbocycles. The molecule has 7 nitrogen and oxygen atoms in total.